The van der Waals surface area contributed by atoms with Crippen molar-refractivity contribution in [2.24, 2.45) is 5.92 Å². The molecule has 88 valence electrons. The highest BCUT2D eigenvalue weighted by molar-refractivity contribution is 4.79. The van der Waals surface area contributed by atoms with Crippen LogP contribution >= 0.6 is 0 Å². The maximum Gasteiger partial charge on any atom is 0.185 e. The lowest BCUT2D eigenvalue weighted by Gasteiger charge is -2.33. The molecule has 0 N–H and O–H groups in total. The van der Waals surface area contributed by atoms with Gasteiger partial charge >= 0.3 is 0 Å². The first kappa shape index (κ1) is 16.2. The Labute approximate surface area is 85.3 Å². The van der Waals surface area contributed by atoms with Crippen LogP contribution in [0.3, 0.4) is 0 Å². The van der Waals surface area contributed by atoms with E-state index in [9.17, 15) is 13.2 Å². The lowest BCUT2D eigenvalue weighted by atomic mass is 9.97. The van der Waals surface area contributed by atoms with Crippen LogP contribution in [0.25, 0.3) is 0 Å². The molecule has 14 heavy (non-hydrogen) atoms. The summed E-state index contributed by atoms with van der Waals surface area (Å²) in [6, 6.07) is 0. The average molecular weight is 213 g/mol. The predicted molar refractivity (Wildman–Crippen MR) is 54.6 cm³/mol. The third-order valence-electron chi connectivity index (χ3n) is 2.16. The standard InChI is InChI=1S/C7H13F2N.C2H6.CH3F/c1-5-3-4-10(2)7(9)6(5)8;2*1-2/h5-7H,3-4H2,1-2H3;1-2H3;1H3. The first-order valence-electron chi connectivity index (χ1n) is 4.99. The van der Waals surface area contributed by atoms with E-state index in [1.54, 1.807) is 14.0 Å². The first-order chi connectivity index (χ1) is 6.63. The molecule has 0 spiro atoms. The lowest BCUT2D eigenvalue weighted by molar-refractivity contribution is -0.0305. The molecule has 1 aliphatic heterocycles. The van der Waals surface area contributed by atoms with Gasteiger partial charge in [-0.3, -0.25) is 9.29 Å². The number of hydrogen-bond acceptors (Lipinski definition) is 1. The molecule has 3 atom stereocenters. The minimum Gasteiger partial charge on any atom is -0.275 e. The summed E-state index contributed by atoms with van der Waals surface area (Å²) in [6.45, 7) is 6.42. The largest absolute Gasteiger partial charge is 0.275 e. The average Bonchev–Trinajstić information content (AvgIpc) is 2.26. The van der Waals surface area contributed by atoms with Crippen LogP contribution in [0.5, 0.6) is 0 Å². The van der Waals surface area contributed by atoms with Crippen molar-refractivity contribution in [3.8, 4) is 0 Å². The van der Waals surface area contributed by atoms with E-state index in [0.717, 1.165) is 6.42 Å². The SMILES string of the molecule is CC.CC1CCN(C)C(F)C1F.CF. The van der Waals surface area contributed by atoms with E-state index in [1.165, 1.54) is 4.90 Å². The van der Waals surface area contributed by atoms with Gasteiger partial charge in [0.15, 0.2) is 6.30 Å². The summed E-state index contributed by atoms with van der Waals surface area (Å²) < 4.78 is 35.1. The summed E-state index contributed by atoms with van der Waals surface area (Å²) in [7, 11) is 2.11. The molecule has 0 saturated carbocycles. The van der Waals surface area contributed by atoms with E-state index in [0.29, 0.717) is 13.7 Å². The Hall–Kier alpha value is -0.250. The lowest BCUT2D eigenvalue weighted by Crippen LogP contribution is -2.45. The molecule has 1 rings (SSSR count). The Bertz CT molecular complexity index is 108. The van der Waals surface area contributed by atoms with Gasteiger partial charge in [-0.25, -0.2) is 8.78 Å². The Balaban J connectivity index is 0. The second-order valence-electron chi connectivity index (χ2n) is 3.06. The van der Waals surface area contributed by atoms with Gasteiger partial charge in [0.1, 0.15) is 6.17 Å². The Morgan fingerprint density at radius 3 is 1.93 bits per heavy atom. The van der Waals surface area contributed by atoms with Crippen molar-refractivity contribution in [2.75, 3.05) is 20.8 Å². The highest BCUT2D eigenvalue weighted by Gasteiger charge is 2.33. The van der Waals surface area contributed by atoms with Crippen molar-refractivity contribution in [1.29, 1.82) is 0 Å². The molecule has 1 heterocycles. The van der Waals surface area contributed by atoms with Crippen LogP contribution < -0.4 is 0 Å². The number of piperidine rings is 1. The molecule has 0 aliphatic carbocycles. The van der Waals surface area contributed by atoms with E-state index < -0.39 is 12.5 Å². The second kappa shape index (κ2) is 9.31. The summed E-state index contributed by atoms with van der Waals surface area (Å²) in [5.41, 5.74) is 0. The molecule has 4 heteroatoms. The van der Waals surface area contributed by atoms with Crippen LogP contribution in [-0.2, 0) is 0 Å². The van der Waals surface area contributed by atoms with Crippen molar-refractivity contribution in [1.82, 2.24) is 4.90 Å². The molecule has 0 aromatic rings. The molecule has 0 amide bonds. The fourth-order valence-corrected chi connectivity index (χ4v) is 1.20. The van der Waals surface area contributed by atoms with Crippen molar-refractivity contribution < 1.29 is 13.2 Å². The Morgan fingerprint density at radius 1 is 1.14 bits per heavy atom. The summed E-state index contributed by atoms with van der Waals surface area (Å²) in [5, 5.41) is 0. The number of nitrogens with zero attached hydrogens (tertiary/aromatic N) is 1. The molecule has 1 saturated heterocycles. The van der Waals surface area contributed by atoms with E-state index in [4.69, 9.17) is 0 Å². The smallest absolute Gasteiger partial charge is 0.185 e. The van der Waals surface area contributed by atoms with E-state index in [-0.39, 0.29) is 5.92 Å². The maximum absolute atomic E-state index is 12.8. The number of rotatable bonds is 0. The summed E-state index contributed by atoms with van der Waals surface area (Å²) in [6.07, 6.45) is -1.92. The molecule has 1 nitrogen and oxygen atoms in total. The van der Waals surface area contributed by atoms with Crippen LogP contribution in [-0.4, -0.2) is 38.1 Å². The second-order valence-corrected chi connectivity index (χ2v) is 3.06. The minimum absolute atomic E-state index is 0.119. The number of halogens is 3. The first-order valence-corrected chi connectivity index (χ1v) is 4.99. The fourth-order valence-electron chi connectivity index (χ4n) is 1.20. The topological polar surface area (TPSA) is 3.24 Å². The quantitative estimate of drug-likeness (QED) is 0.558. The van der Waals surface area contributed by atoms with Gasteiger partial charge in [-0.1, -0.05) is 20.8 Å². The monoisotopic (exact) mass is 213 g/mol. The highest BCUT2D eigenvalue weighted by Crippen LogP contribution is 2.24. The van der Waals surface area contributed by atoms with E-state index in [1.807, 2.05) is 13.8 Å². The normalized spacial score (nSPS) is 32.1. The fraction of sp³-hybridized carbons (Fsp3) is 1.00. The van der Waals surface area contributed by atoms with Crippen LogP contribution in [0, 0.1) is 5.92 Å². The molecular weight excluding hydrogens is 191 g/mol. The summed E-state index contributed by atoms with van der Waals surface area (Å²) >= 11 is 0. The van der Waals surface area contributed by atoms with E-state index in [2.05, 4.69) is 0 Å². The zero-order valence-corrected chi connectivity index (χ0v) is 9.73. The van der Waals surface area contributed by atoms with Gasteiger partial charge in [-0.15, -0.1) is 0 Å². The molecule has 0 aromatic carbocycles. The zero-order valence-electron chi connectivity index (χ0n) is 9.73. The number of likely N-dealkylation sites (tertiary alicyclic amines) is 1. The third-order valence-corrected chi connectivity index (χ3v) is 2.16. The van der Waals surface area contributed by atoms with Crippen LogP contribution in [0.15, 0.2) is 0 Å². The van der Waals surface area contributed by atoms with Crippen molar-refractivity contribution in [3.05, 3.63) is 0 Å². The maximum atomic E-state index is 12.8. The van der Waals surface area contributed by atoms with Crippen molar-refractivity contribution >= 4 is 0 Å². The summed E-state index contributed by atoms with van der Waals surface area (Å²) in [5.74, 6) is -0.119. The molecule has 0 radical (unpaired) electrons. The zero-order chi connectivity index (χ0) is 11.7. The van der Waals surface area contributed by atoms with Gasteiger partial charge in [-0.2, -0.15) is 0 Å². The number of hydrogen-bond donors (Lipinski definition) is 0. The molecular formula is C10H22F3N. The van der Waals surface area contributed by atoms with Gasteiger partial charge in [0.25, 0.3) is 0 Å². The van der Waals surface area contributed by atoms with Crippen LogP contribution in [0.2, 0.25) is 0 Å². The van der Waals surface area contributed by atoms with Crippen molar-refractivity contribution in [2.45, 2.75) is 39.7 Å². The van der Waals surface area contributed by atoms with Gasteiger partial charge in [0.2, 0.25) is 0 Å². The highest BCUT2D eigenvalue weighted by atomic mass is 19.2. The molecule has 0 bridgehead atoms. The van der Waals surface area contributed by atoms with Crippen LogP contribution in [0.4, 0.5) is 13.2 Å². The Kier molecular flexibility index (Phi) is 10.8. The van der Waals surface area contributed by atoms with Gasteiger partial charge in [0, 0.05) is 6.54 Å². The minimum atomic E-state index is -1.39. The molecule has 1 aliphatic rings. The van der Waals surface area contributed by atoms with Crippen molar-refractivity contribution in [3.63, 3.8) is 0 Å². The van der Waals surface area contributed by atoms with Gasteiger partial charge < -0.3 is 0 Å². The van der Waals surface area contributed by atoms with Crippen LogP contribution in [0.1, 0.15) is 27.2 Å². The summed E-state index contributed by atoms with van der Waals surface area (Å²) in [4.78, 5) is 1.42. The van der Waals surface area contributed by atoms with Gasteiger partial charge in [0.05, 0.1) is 7.18 Å². The molecule has 3 unspecified atom stereocenters. The number of alkyl halides is 3. The third kappa shape index (κ3) is 4.84. The molecule has 1 fully saturated rings. The molecule has 0 aromatic heterocycles. The predicted octanol–water partition coefficient (Wildman–Crippen LogP) is 3.20. The van der Waals surface area contributed by atoms with Gasteiger partial charge in [-0.05, 0) is 19.4 Å². The Morgan fingerprint density at radius 2 is 1.57 bits per heavy atom. The van der Waals surface area contributed by atoms with E-state index >= 15 is 0 Å².